The molecule has 0 radical (unpaired) electrons. The van der Waals surface area contributed by atoms with Crippen LogP contribution in [-0.2, 0) is 55.9 Å². The van der Waals surface area contributed by atoms with Crippen molar-refractivity contribution in [3.05, 3.63) is 67.4 Å². The van der Waals surface area contributed by atoms with Gasteiger partial charge in [-0.05, 0) is 31.5 Å². The van der Waals surface area contributed by atoms with E-state index in [1.807, 2.05) is 38.1 Å². The predicted octanol–water partition coefficient (Wildman–Crippen LogP) is 5.77. The van der Waals surface area contributed by atoms with Gasteiger partial charge in [0.2, 0.25) is 18.1 Å². The van der Waals surface area contributed by atoms with Crippen LogP contribution in [0.25, 0.3) is 0 Å². The van der Waals surface area contributed by atoms with Gasteiger partial charge in [0.25, 0.3) is 11.9 Å². The van der Waals surface area contributed by atoms with Gasteiger partial charge in [0.15, 0.2) is 0 Å². The minimum absolute atomic E-state index is 0. The van der Waals surface area contributed by atoms with Crippen LogP contribution >= 0.6 is 24.0 Å². The summed E-state index contributed by atoms with van der Waals surface area (Å²) in [6, 6.07) is 7.44. The summed E-state index contributed by atoms with van der Waals surface area (Å²) in [5, 5.41) is 19.2. The van der Waals surface area contributed by atoms with Crippen molar-refractivity contribution in [1.82, 2.24) is 9.78 Å². The molecule has 3 atom stereocenters. The highest BCUT2D eigenvalue weighted by atomic mass is 127. The molecule has 0 bridgehead atoms. The van der Waals surface area contributed by atoms with Gasteiger partial charge in [-0.15, -0.1) is 55.4 Å². The van der Waals surface area contributed by atoms with Crippen molar-refractivity contribution < 1.29 is 67.4 Å². The number of rotatable bonds is 11. The van der Waals surface area contributed by atoms with Gasteiger partial charge in [0, 0.05) is 66.4 Å². The van der Waals surface area contributed by atoms with E-state index in [1.165, 1.54) is 27.7 Å². The second-order valence-electron chi connectivity index (χ2n) is 10.8. The van der Waals surface area contributed by atoms with Gasteiger partial charge in [0.05, 0.1) is 17.9 Å². The van der Waals surface area contributed by atoms with Crippen LogP contribution in [0.1, 0.15) is 89.8 Å². The van der Waals surface area contributed by atoms with Crippen molar-refractivity contribution in [2.75, 3.05) is 6.61 Å². The number of esters is 3. The maximum Gasteiger partial charge on any atom is 0.303 e. The summed E-state index contributed by atoms with van der Waals surface area (Å²) in [4.78, 5) is 65.1. The molecule has 17 heteroatoms. The van der Waals surface area contributed by atoms with E-state index in [9.17, 15) is 19.2 Å². The zero-order chi connectivity index (χ0) is 40.6. The fourth-order valence-electron chi connectivity index (χ4n) is 4.25. The average Bonchev–Trinajstić information content (AvgIpc) is 3.37. The Kier molecular flexibility index (Phi) is 28.5. The summed E-state index contributed by atoms with van der Waals surface area (Å²) in [7, 11) is 0. The molecule has 2 aromatic rings. The Morgan fingerprint density at radius 3 is 1.79 bits per heavy atom. The standard InChI is InChI=1S/C28H36N2O10.2C2H4O2.2C2H4.HI/c1-16(2)37-22-9-7-21(8-10-22)11-25-26(15-36-19(5)33)30(17(3)31)29-28(25)40-27-13-23(38-20(6)34)12-24(39-27)14-35-18(4)32;2*1-2(3)4;2*1-2;/h7-10,16,23-24,27H,11-15H2,1-6H3;2*1H3,(H,3,4);2*1-2H2;1H/t23-,24-,27-;;;;;/m0...../s1. The van der Waals surface area contributed by atoms with Crippen LogP contribution in [-0.4, -0.2) is 87.0 Å². The highest BCUT2D eigenvalue weighted by Crippen LogP contribution is 2.31. The molecular weight excluding hydrogens is 811 g/mol. The van der Waals surface area contributed by atoms with Gasteiger partial charge < -0.3 is 38.6 Å². The maximum atomic E-state index is 12.5. The molecule has 0 aliphatic carbocycles. The third kappa shape index (κ3) is 24.2. The zero-order valence-electron chi connectivity index (χ0n) is 31.6. The number of halogens is 1. The number of ether oxygens (including phenoxy) is 6. The van der Waals surface area contributed by atoms with Crippen LogP contribution in [0, 0.1) is 0 Å². The van der Waals surface area contributed by atoms with E-state index in [1.54, 1.807) is 0 Å². The number of nitrogens with zero attached hydrogens (tertiary/aromatic N) is 2. The summed E-state index contributed by atoms with van der Waals surface area (Å²) in [5.41, 5.74) is 1.73. The molecule has 0 spiro atoms. The van der Waals surface area contributed by atoms with Crippen molar-refractivity contribution >= 4 is 59.7 Å². The number of aliphatic carboxylic acids is 2. The molecule has 1 fully saturated rings. The molecule has 3 rings (SSSR count). The molecule has 2 heterocycles. The lowest BCUT2D eigenvalue weighted by molar-refractivity contribution is -0.202. The van der Waals surface area contributed by atoms with Crippen LogP contribution in [0.2, 0.25) is 0 Å². The number of carbonyl (C=O) groups excluding carboxylic acids is 4. The largest absolute Gasteiger partial charge is 0.491 e. The monoisotopic (exact) mass is 864 g/mol. The summed E-state index contributed by atoms with van der Waals surface area (Å²) in [6.07, 6.45) is -1.28. The quantitative estimate of drug-likeness (QED) is 0.119. The number of carbonyl (C=O) groups is 6. The minimum atomic E-state index is -0.934. The van der Waals surface area contributed by atoms with Crippen molar-refractivity contribution in [2.45, 2.75) is 106 Å². The Bertz CT molecular complexity index is 1420. The predicted molar refractivity (Wildman–Crippen MR) is 204 cm³/mol. The topological polar surface area (TPSA) is 216 Å². The minimum Gasteiger partial charge on any atom is -0.491 e. The third-order valence-corrected chi connectivity index (χ3v) is 5.81. The maximum absolute atomic E-state index is 12.5. The molecule has 298 valence electrons. The van der Waals surface area contributed by atoms with Gasteiger partial charge in [-0.2, -0.15) is 4.68 Å². The summed E-state index contributed by atoms with van der Waals surface area (Å²) >= 11 is 0. The smallest absolute Gasteiger partial charge is 0.303 e. The number of hydrogen-bond acceptors (Lipinski definition) is 13. The number of carboxylic acid groups (broad SMARTS) is 2. The van der Waals surface area contributed by atoms with Crippen LogP contribution < -0.4 is 9.47 Å². The van der Waals surface area contributed by atoms with Gasteiger partial charge >= 0.3 is 17.9 Å². The molecular formula is C36H53IN2O14. The lowest BCUT2D eigenvalue weighted by atomic mass is 10.0. The van der Waals surface area contributed by atoms with Crippen molar-refractivity contribution in [2.24, 2.45) is 0 Å². The first-order valence-electron chi connectivity index (χ1n) is 15.9. The van der Waals surface area contributed by atoms with E-state index in [4.69, 9.17) is 48.2 Å². The molecule has 53 heavy (non-hydrogen) atoms. The Balaban J connectivity index is -0.00000170. The summed E-state index contributed by atoms with van der Waals surface area (Å²) in [5.74, 6) is -2.73. The molecule has 16 nitrogen and oxygen atoms in total. The van der Waals surface area contributed by atoms with Crippen molar-refractivity contribution in [1.29, 1.82) is 0 Å². The molecule has 1 aliphatic rings. The highest BCUT2D eigenvalue weighted by Gasteiger charge is 2.35. The average molecular weight is 865 g/mol. The highest BCUT2D eigenvalue weighted by molar-refractivity contribution is 14.0. The zero-order valence-corrected chi connectivity index (χ0v) is 33.9. The Morgan fingerprint density at radius 1 is 0.849 bits per heavy atom. The molecule has 1 aromatic heterocycles. The summed E-state index contributed by atoms with van der Waals surface area (Å²) < 4.78 is 34.7. The molecule has 2 N–H and O–H groups in total. The van der Waals surface area contributed by atoms with Gasteiger partial charge in [0.1, 0.15) is 25.1 Å². The first-order chi connectivity index (χ1) is 24.4. The van der Waals surface area contributed by atoms with E-state index in [0.29, 0.717) is 23.4 Å². The Labute approximate surface area is 327 Å². The molecule has 0 unspecified atom stereocenters. The fraction of sp³-hybridized carbons (Fsp3) is 0.472. The summed E-state index contributed by atoms with van der Waals surface area (Å²) in [6.45, 7) is 23.0. The van der Waals surface area contributed by atoms with Crippen LogP contribution in [0.15, 0.2) is 50.6 Å². The number of aromatic nitrogens is 2. The number of carboxylic acids is 2. The van der Waals surface area contributed by atoms with E-state index >= 15 is 0 Å². The Hall–Kier alpha value is -4.78. The third-order valence-electron chi connectivity index (χ3n) is 5.81. The Morgan fingerprint density at radius 2 is 1.36 bits per heavy atom. The molecule has 1 aliphatic heterocycles. The SMILES string of the molecule is C=C.C=C.CC(=O)O.CC(=O)O.CC(=O)OCc1c(Cc2ccc(OC(C)C)cc2)c(O[C@H]2C[C@@H](OC(C)=O)C[C@@H](COC(C)=O)O2)nn1C(C)=O.I. The van der Waals surface area contributed by atoms with Crippen molar-refractivity contribution in [3.63, 3.8) is 0 Å². The molecule has 1 aromatic carbocycles. The van der Waals surface area contributed by atoms with E-state index in [0.717, 1.165) is 24.1 Å². The van der Waals surface area contributed by atoms with Crippen LogP contribution in [0.5, 0.6) is 11.6 Å². The second kappa shape index (κ2) is 28.8. The van der Waals surface area contributed by atoms with Gasteiger partial charge in [-0.3, -0.25) is 28.8 Å². The van der Waals surface area contributed by atoms with E-state index < -0.39 is 54.3 Å². The second-order valence-corrected chi connectivity index (χ2v) is 10.8. The van der Waals surface area contributed by atoms with Gasteiger partial charge in [-0.25, -0.2) is 0 Å². The normalized spacial score (nSPS) is 15.2. The fourth-order valence-corrected chi connectivity index (χ4v) is 4.25. The van der Waals surface area contributed by atoms with Crippen molar-refractivity contribution in [3.8, 4) is 11.6 Å². The van der Waals surface area contributed by atoms with Gasteiger partial charge in [-0.1, -0.05) is 12.1 Å². The first-order valence-corrected chi connectivity index (χ1v) is 15.9. The molecule has 0 saturated carbocycles. The first kappa shape index (κ1) is 52.6. The van der Waals surface area contributed by atoms with E-state index in [-0.39, 0.29) is 62.0 Å². The molecule has 0 amide bonds. The lowest BCUT2D eigenvalue weighted by Gasteiger charge is -2.34. The number of benzene rings is 1. The molecule has 1 saturated heterocycles. The number of hydrogen-bond donors (Lipinski definition) is 2. The van der Waals surface area contributed by atoms with Crippen LogP contribution in [0.4, 0.5) is 0 Å². The van der Waals surface area contributed by atoms with E-state index in [2.05, 4.69) is 31.4 Å². The van der Waals surface area contributed by atoms with Crippen LogP contribution in [0.3, 0.4) is 0 Å². The lowest BCUT2D eigenvalue weighted by Crippen LogP contribution is -2.42.